The van der Waals surface area contributed by atoms with Gasteiger partial charge in [0.25, 0.3) is 5.91 Å². The lowest BCUT2D eigenvalue weighted by Crippen LogP contribution is -2.20. The molecule has 0 aromatic carbocycles. The number of ether oxygens (including phenoxy) is 1. The van der Waals surface area contributed by atoms with Crippen molar-refractivity contribution < 1.29 is 14.3 Å². The van der Waals surface area contributed by atoms with Crippen LogP contribution in [0.25, 0.3) is 0 Å². The molecule has 1 aliphatic rings. The van der Waals surface area contributed by atoms with Crippen molar-refractivity contribution in [1.29, 1.82) is 0 Å². The molecule has 0 unspecified atom stereocenters. The predicted octanol–water partition coefficient (Wildman–Crippen LogP) is 2.27. The molecule has 2 aromatic heterocycles. The van der Waals surface area contributed by atoms with Crippen LogP contribution in [0.15, 0.2) is 12.1 Å². The fourth-order valence-corrected chi connectivity index (χ4v) is 3.41. The quantitative estimate of drug-likeness (QED) is 0.816. The monoisotopic (exact) mass is 361 g/mol. The van der Waals surface area contributed by atoms with E-state index in [4.69, 9.17) is 4.74 Å². The molecule has 0 saturated carbocycles. The molecule has 1 saturated heterocycles. The first-order valence-electron chi connectivity index (χ1n) is 8.13. The van der Waals surface area contributed by atoms with E-state index in [0.29, 0.717) is 15.7 Å². The summed E-state index contributed by atoms with van der Waals surface area (Å²) >= 11 is 1.08. The maximum atomic E-state index is 12.3. The number of hydrogen-bond donors (Lipinski definition) is 1. The molecule has 2 aromatic rings. The number of carbonyl (C=O) groups is 2. The van der Waals surface area contributed by atoms with E-state index in [1.165, 1.54) is 0 Å². The molecule has 0 spiro atoms. The van der Waals surface area contributed by atoms with Crippen LogP contribution in [0.2, 0.25) is 0 Å². The van der Waals surface area contributed by atoms with Crippen molar-refractivity contribution in [3.8, 4) is 0 Å². The third kappa shape index (κ3) is 3.93. The third-order valence-electron chi connectivity index (χ3n) is 3.79. The van der Waals surface area contributed by atoms with E-state index >= 15 is 0 Å². The summed E-state index contributed by atoms with van der Waals surface area (Å²) < 4.78 is 4.97. The lowest BCUT2D eigenvalue weighted by molar-refractivity contribution is 0.0531. The summed E-state index contributed by atoms with van der Waals surface area (Å²) in [5.41, 5.74) is 0.725. The molecule has 8 nitrogen and oxygen atoms in total. The standard InChI is InChI=1S/C16H19N5O3S/c1-3-24-15(23)13-10(2)17-16(25-13)18-14(22)11-6-7-12(20-19-11)21-8-4-5-9-21/h6-7H,3-5,8-9H2,1-2H3,(H,17,18,22). The van der Waals surface area contributed by atoms with Crippen LogP contribution in [-0.4, -0.2) is 46.8 Å². The van der Waals surface area contributed by atoms with Crippen LogP contribution >= 0.6 is 11.3 Å². The number of carbonyl (C=O) groups excluding carboxylic acids is 2. The van der Waals surface area contributed by atoms with Crippen LogP contribution in [0.4, 0.5) is 10.9 Å². The molecule has 1 fully saturated rings. The molecule has 1 aliphatic heterocycles. The minimum absolute atomic E-state index is 0.202. The number of aromatic nitrogens is 3. The zero-order valence-corrected chi connectivity index (χ0v) is 14.9. The Morgan fingerprint density at radius 2 is 2.04 bits per heavy atom. The van der Waals surface area contributed by atoms with Gasteiger partial charge in [-0.3, -0.25) is 10.1 Å². The second kappa shape index (κ2) is 7.56. The fraction of sp³-hybridized carbons (Fsp3) is 0.438. The van der Waals surface area contributed by atoms with E-state index in [9.17, 15) is 9.59 Å². The van der Waals surface area contributed by atoms with Gasteiger partial charge in [0, 0.05) is 13.1 Å². The average molecular weight is 361 g/mol. The topological polar surface area (TPSA) is 97.3 Å². The van der Waals surface area contributed by atoms with Gasteiger partial charge in [0.1, 0.15) is 4.88 Å². The Balaban J connectivity index is 1.67. The summed E-state index contributed by atoms with van der Waals surface area (Å²) in [6, 6.07) is 3.44. The summed E-state index contributed by atoms with van der Waals surface area (Å²) in [6.45, 7) is 5.66. The highest BCUT2D eigenvalue weighted by atomic mass is 32.1. The number of nitrogens with zero attached hydrogens (tertiary/aromatic N) is 4. The maximum absolute atomic E-state index is 12.3. The Kier molecular flexibility index (Phi) is 5.22. The third-order valence-corrected chi connectivity index (χ3v) is 4.84. The van der Waals surface area contributed by atoms with E-state index in [2.05, 4.69) is 25.4 Å². The zero-order chi connectivity index (χ0) is 17.8. The van der Waals surface area contributed by atoms with Gasteiger partial charge >= 0.3 is 5.97 Å². The first kappa shape index (κ1) is 17.3. The molecule has 0 atom stereocenters. The van der Waals surface area contributed by atoms with Crippen molar-refractivity contribution in [1.82, 2.24) is 15.2 Å². The van der Waals surface area contributed by atoms with Crippen molar-refractivity contribution in [2.45, 2.75) is 26.7 Å². The number of aryl methyl sites for hydroxylation is 1. The Hall–Kier alpha value is -2.55. The minimum Gasteiger partial charge on any atom is -0.462 e. The maximum Gasteiger partial charge on any atom is 0.350 e. The lowest BCUT2D eigenvalue weighted by Gasteiger charge is -2.14. The molecule has 9 heteroatoms. The van der Waals surface area contributed by atoms with Crippen molar-refractivity contribution >= 4 is 34.2 Å². The van der Waals surface area contributed by atoms with Crippen LogP contribution < -0.4 is 10.2 Å². The number of nitrogens with one attached hydrogen (secondary N) is 1. The number of amides is 1. The smallest absolute Gasteiger partial charge is 0.350 e. The number of esters is 1. The van der Waals surface area contributed by atoms with Crippen LogP contribution in [0.1, 0.15) is 45.6 Å². The van der Waals surface area contributed by atoms with Crippen molar-refractivity contribution in [3.63, 3.8) is 0 Å². The summed E-state index contributed by atoms with van der Waals surface area (Å²) in [6.07, 6.45) is 2.30. The Morgan fingerprint density at radius 1 is 1.28 bits per heavy atom. The largest absolute Gasteiger partial charge is 0.462 e. The molecule has 3 heterocycles. The number of thiazole rings is 1. The molecule has 25 heavy (non-hydrogen) atoms. The van der Waals surface area contributed by atoms with Crippen LogP contribution in [-0.2, 0) is 4.74 Å². The van der Waals surface area contributed by atoms with E-state index in [1.807, 2.05) is 0 Å². The minimum atomic E-state index is -0.437. The second-order valence-corrected chi connectivity index (χ2v) is 6.58. The van der Waals surface area contributed by atoms with Gasteiger partial charge in [-0.15, -0.1) is 10.2 Å². The number of hydrogen-bond acceptors (Lipinski definition) is 8. The molecule has 3 rings (SSSR count). The summed E-state index contributed by atoms with van der Waals surface area (Å²) in [5, 5.41) is 11.1. The first-order valence-corrected chi connectivity index (χ1v) is 8.94. The van der Waals surface area contributed by atoms with E-state index in [1.54, 1.807) is 26.0 Å². The van der Waals surface area contributed by atoms with Gasteiger partial charge < -0.3 is 9.64 Å². The molecule has 0 radical (unpaired) electrons. The summed E-state index contributed by atoms with van der Waals surface area (Å²) in [4.78, 5) is 30.8. The molecule has 0 bridgehead atoms. The Bertz CT molecular complexity index is 769. The van der Waals surface area contributed by atoms with Crippen LogP contribution in [0, 0.1) is 6.92 Å². The first-order chi connectivity index (χ1) is 12.1. The lowest BCUT2D eigenvalue weighted by atomic mass is 10.3. The van der Waals surface area contributed by atoms with Crippen molar-refractivity contribution in [3.05, 3.63) is 28.4 Å². The molecular formula is C16H19N5O3S. The van der Waals surface area contributed by atoms with Crippen LogP contribution in [0.3, 0.4) is 0 Å². The highest BCUT2D eigenvalue weighted by Gasteiger charge is 2.19. The SMILES string of the molecule is CCOC(=O)c1sc(NC(=O)c2ccc(N3CCCC3)nn2)nc1C. The van der Waals surface area contributed by atoms with E-state index in [-0.39, 0.29) is 12.3 Å². The molecule has 0 aliphatic carbocycles. The van der Waals surface area contributed by atoms with Gasteiger partial charge in [0.2, 0.25) is 0 Å². The van der Waals surface area contributed by atoms with Gasteiger partial charge in [-0.2, -0.15) is 0 Å². The number of rotatable bonds is 5. The number of anilines is 2. The fourth-order valence-electron chi connectivity index (χ4n) is 2.56. The highest BCUT2D eigenvalue weighted by Crippen LogP contribution is 2.24. The van der Waals surface area contributed by atoms with Gasteiger partial charge in [0.15, 0.2) is 16.6 Å². The predicted molar refractivity (Wildman–Crippen MR) is 94.2 cm³/mol. The zero-order valence-electron chi connectivity index (χ0n) is 14.1. The Morgan fingerprint density at radius 3 is 2.68 bits per heavy atom. The highest BCUT2D eigenvalue weighted by molar-refractivity contribution is 7.17. The van der Waals surface area contributed by atoms with E-state index < -0.39 is 11.9 Å². The molecule has 132 valence electrons. The molecule has 1 N–H and O–H groups in total. The van der Waals surface area contributed by atoms with E-state index in [0.717, 1.165) is 43.1 Å². The van der Waals surface area contributed by atoms with Gasteiger partial charge in [0.05, 0.1) is 12.3 Å². The Labute approximate surface area is 149 Å². The van der Waals surface area contributed by atoms with Gasteiger partial charge in [-0.1, -0.05) is 11.3 Å². The second-order valence-electron chi connectivity index (χ2n) is 5.58. The molecular weight excluding hydrogens is 342 g/mol. The summed E-state index contributed by atoms with van der Waals surface area (Å²) in [5.74, 6) is -0.0684. The normalized spacial score (nSPS) is 13.8. The van der Waals surface area contributed by atoms with Crippen molar-refractivity contribution in [2.24, 2.45) is 0 Å². The van der Waals surface area contributed by atoms with Gasteiger partial charge in [-0.05, 0) is 38.8 Å². The van der Waals surface area contributed by atoms with Gasteiger partial charge in [-0.25, -0.2) is 9.78 Å². The average Bonchev–Trinajstić information content (AvgIpc) is 3.25. The molecule has 1 amide bonds. The summed E-state index contributed by atoms with van der Waals surface area (Å²) in [7, 11) is 0. The van der Waals surface area contributed by atoms with Crippen molar-refractivity contribution in [2.75, 3.05) is 29.9 Å². The van der Waals surface area contributed by atoms with Crippen LogP contribution in [0.5, 0.6) is 0 Å².